The molecule has 2 atom stereocenters. The van der Waals surface area contributed by atoms with Gasteiger partial charge < -0.3 is 4.89 Å². The molecule has 0 heterocycles. The van der Waals surface area contributed by atoms with Crippen LogP contribution in [0.5, 0.6) is 0 Å². The maximum Gasteiger partial charge on any atom is 0.342 e. The molecule has 0 aliphatic carbocycles. The minimum absolute atomic E-state index is 0.336. The number of hydrogen-bond donors (Lipinski definition) is 0. The average molecular weight is 416 g/mol. The first-order valence-electron chi connectivity index (χ1n) is 11.7. The SMILES string of the molecule is CC(C)CCCC(CC(C)C)C(CC(C)C)(CC(C)C)O[P+]([O-])=NCC(C)C. The van der Waals surface area contributed by atoms with Gasteiger partial charge in [0.05, 0.1) is 6.54 Å². The van der Waals surface area contributed by atoms with Crippen molar-refractivity contribution in [2.24, 2.45) is 40.3 Å². The van der Waals surface area contributed by atoms with Gasteiger partial charge in [-0.15, -0.1) is 0 Å². The number of hydrogen-bond acceptors (Lipinski definition) is 3. The Balaban J connectivity index is 5.85. The molecule has 2 unspecified atom stereocenters. The molecule has 3 nitrogen and oxygen atoms in total. The van der Waals surface area contributed by atoms with Crippen LogP contribution in [0.1, 0.15) is 108 Å². The lowest BCUT2D eigenvalue weighted by Gasteiger charge is -2.41. The van der Waals surface area contributed by atoms with Crippen LogP contribution in [0, 0.1) is 35.5 Å². The quantitative estimate of drug-likeness (QED) is 0.256. The fraction of sp³-hybridized carbons (Fsp3) is 1.00. The molecule has 0 aromatic rings. The predicted octanol–water partition coefficient (Wildman–Crippen LogP) is 7.83. The summed E-state index contributed by atoms with van der Waals surface area (Å²) in [5, 5.41) is 0. The van der Waals surface area contributed by atoms with Crippen LogP contribution in [0.15, 0.2) is 4.74 Å². The van der Waals surface area contributed by atoms with Crippen LogP contribution in [0.2, 0.25) is 0 Å². The summed E-state index contributed by atoms with van der Waals surface area (Å²) >= 11 is 0. The van der Waals surface area contributed by atoms with E-state index in [0.29, 0.717) is 36.1 Å². The van der Waals surface area contributed by atoms with Gasteiger partial charge >= 0.3 is 8.17 Å². The minimum atomic E-state index is -1.97. The summed E-state index contributed by atoms with van der Waals surface area (Å²) in [6.07, 6.45) is 6.67. The molecule has 0 bridgehead atoms. The Morgan fingerprint density at radius 3 is 1.68 bits per heavy atom. The van der Waals surface area contributed by atoms with E-state index >= 15 is 0 Å². The van der Waals surface area contributed by atoms with E-state index in [1.807, 2.05) is 0 Å². The zero-order valence-corrected chi connectivity index (χ0v) is 21.5. The molecule has 28 heavy (non-hydrogen) atoms. The first-order chi connectivity index (χ1) is 12.9. The van der Waals surface area contributed by atoms with E-state index in [2.05, 4.69) is 74.0 Å². The Bertz CT molecular complexity index is 420. The second-order valence-electron chi connectivity index (χ2n) is 11.0. The summed E-state index contributed by atoms with van der Waals surface area (Å²) in [7, 11) is -1.97. The van der Waals surface area contributed by atoms with Gasteiger partial charge in [-0.1, -0.05) is 86.8 Å². The standard InChI is InChI=1S/C24H50NO2P/c1-18(2)12-11-13-23(14-19(3)4)24(15-20(5)6,16-21(7)8)27-28(26)25-17-22(9)10/h18-23H,11-17H2,1-10H3. The highest BCUT2D eigenvalue weighted by molar-refractivity contribution is 7.33. The molecule has 4 heteroatoms. The monoisotopic (exact) mass is 415 g/mol. The van der Waals surface area contributed by atoms with Crippen molar-refractivity contribution in [2.45, 2.75) is 113 Å². The molecule has 0 radical (unpaired) electrons. The highest BCUT2D eigenvalue weighted by atomic mass is 31.1. The van der Waals surface area contributed by atoms with Crippen molar-refractivity contribution in [3.63, 3.8) is 0 Å². The van der Waals surface area contributed by atoms with Crippen LogP contribution in [-0.4, -0.2) is 12.1 Å². The molecule has 0 aromatic heterocycles. The van der Waals surface area contributed by atoms with E-state index in [1.165, 1.54) is 12.8 Å². The third kappa shape index (κ3) is 12.6. The maximum atomic E-state index is 12.9. The summed E-state index contributed by atoms with van der Waals surface area (Å²) in [6, 6.07) is 0. The zero-order valence-electron chi connectivity index (χ0n) is 20.6. The molecule has 0 aromatic carbocycles. The third-order valence-corrected chi connectivity index (χ3v) is 6.08. The molecule has 0 fully saturated rings. The summed E-state index contributed by atoms with van der Waals surface area (Å²) in [6.45, 7) is 23.1. The summed E-state index contributed by atoms with van der Waals surface area (Å²) in [5.41, 5.74) is -0.336. The average Bonchev–Trinajstić information content (AvgIpc) is 2.49. The normalized spacial score (nSPS) is 14.9. The Labute approximate surface area is 178 Å². The van der Waals surface area contributed by atoms with Crippen molar-refractivity contribution in [1.29, 1.82) is 0 Å². The highest BCUT2D eigenvalue weighted by Gasteiger charge is 2.45. The second kappa shape index (κ2) is 14.1. The maximum absolute atomic E-state index is 12.9. The Morgan fingerprint density at radius 2 is 1.29 bits per heavy atom. The van der Waals surface area contributed by atoms with Crippen LogP contribution in [0.4, 0.5) is 0 Å². The van der Waals surface area contributed by atoms with Crippen molar-refractivity contribution >= 4 is 8.17 Å². The van der Waals surface area contributed by atoms with Crippen LogP contribution >= 0.6 is 8.17 Å². The lowest BCUT2D eigenvalue weighted by atomic mass is 9.71. The predicted molar refractivity (Wildman–Crippen MR) is 123 cm³/mol. The topological polar surface area (TPSA) is 44.6 Å². The summed E-state index contributed by atoms with van der Waals surface area (Å²) in [4.78, 5) is 12.9. The minimum Gasteiger partial charge on any atom is -0.584 e. The lowest BCUT2D eigenvalue weighted by molar-refractivity contribution is -0.193. The molecular formula is C24H50NO2P. The van der Waals surface area contributed by atoms with Crippen molar-refractivity contribution in [3.05, 3.63) is 0 Å². The molecular weight excluding hydrogens is 365 g/mol. The molecule has 168 valence electrons. The van der Waals surface area contributed by atoms with E-state index in [4.69, 9.17) is 4.52 Å². The van der Waals surface area contributed by atoms with Crippen LogP contribution in [0.3, 0.4) is 0 Å². The van der Waals surface area contributed by atoms with Gasteiger partial charge in [-0.25, -0.2) is 0 Å². The second-order valence-corrected chi connectivity index (χ2v) is 11.9. The Morgan fingerprint density at radius 1 is 0.750 bits per heavy atom. The lowest BCUT2D eigenvalue weighted by Crippen LogP contribution is -2.43. The summed E-state index contributed by atoms with van der Waals surface area (Å²) < 4.78 is 10.9. The fourth-order valence-corrected chi connectivity index (χ4v) is 5.43. The molecule has 0 spiro atoms. The van der Waals surface area contributed by atoms with E-state index in [1.54, 1.807) is 0 Å². The van der Waals surface area contributed by atoms with E-state index in [0.717, 1.165) is 31.6 Å². The molecule has 0 N–H and O–H groups in total. The van der Waals surface area contributed by atoms with Crippen molar-refractivity contribution < 1.29 is 9.42 Å². The van der Waals surface area contributed by atoms with Gasteiger partial charge in [0, 0.05) is 0 Å². The molecule has 0 aliphatic rings. The number of rotatable bonds is 15. The van der Waals surface area contributed by atoms with Crippen molar-refractivity contribution in [2.75, 3.05) is 6.54 Å². The van der Waals surface area contributed by atoms with Gasteiger partial charge in [-0.05, 0) is 61.2 Å². The first kappa shape index (κ1) is 28.0. The van der Waals surface area contributed by atoms with Gasteiger partial charge in [0.25, 0.3) is 0 Å². The van der Waals surface area contributed by atoms with Crippen LogP contribution in [0.25, 0.3) is 0 Å². The Kier molecular flexibility index (Phi) is 14.1. The van der Waals surface area contributed by atoms with Gasteiger partial charge in [0.2, 0.25) is 0 Å². The molecule has 0 amide bonds. The molecule has 0 rings (SSSR count). The summed E-state index contributed by atoms with van der Waals surface area (Å²) in [5.74, 6) is 3.19. The van der Waals surface area contributed by atoms with Gasteiger partial charge in [-0.3, -0.25) is 0 Å². The molecule has 0 saturated heterocycles. The van der Waals surface area contributed by atoms with E-state index in [-0.39, 0.29) is 5.60 Å². The number of nitrogens with zero attached hydrogens (tertiary/aromatic N) is 1. The van der Waals surface area contributed by atoms with Gasteiger partial charge in [-0.2, -0.15) is 4.52 Å². The Hall–Kier alpha value is 0.0200. The smallest absolute Gasteiger partial charge is 0.342 e. The van der Waals surface area contributed by atoms with Crippen LogP contribution < -0.4 is 4.89 Å². The zero-order chi connectivity index (χ0) is 21.9. The fourth-order valence-electron chi connectivity index (χ4n) is 4.30. The van der Waals surface area contributed by atoms with Crippen LogP contribution in [-0.2, 0) is 4.52 Å². The largest absolute Gasteiger partial charge is 0.584 e. The third-order valence-electron chi connectivity index (χ3n) is 5.16. The van der Waals surface area contributed by atoms with Gasteiger partial charge in [0.15, 0.2) is 0 Å². The highest BCUT2D eigenvalue weighted by Crippen LogP contribution is 2.46. The van der Waals surface area contributed by atoms with Gasteiger partial charge in [0.1, 0.15) is 5.60 Å². The van der Waals surface area contributed by atoms with E-state index in [9.17, 15) is 4.89 Å². The van der Waals surface area contributed by atoms with Crippen molar-refractivity contribution in [1.82, 2.24) is 0 Å². The van der Waals surface area contributed by atoms with Crippen molar-refractivity contribution in [3.8, 4) is 0 Å². The molecule has 0 saturated carbocycles. The van der Waals surface area contributed by atoms with E-state index < -0.39 is 8.17 Å². The molecule has 0 aliphatic heterocycles. The first-order valence-corrected chi connectivity index (χ1v) is 12.8.